The van der Waals surface area contributed by atoms with Gasteiger partial charge in [-0.3, -0.25) is 6.08 Å². The minimum absolute atomic E-state index is 0.556. The summed E-state index contributed by atoms with van der Waals surface area (Å²) < 4.78 is 0. The molecule has 3 heteroatoms. The van der Waals surface area contributed by atoms with Gasteiger partial charge in [0.2, 0.25) is 0 Å². The molecule has 0 aromatic rings. The summed E-state index contributed by atoms with van der Waals surface area (Å²) in [5.74, 6) is 0. The first-order valence-corrected chi connectivity index (χ1v) is 10.5. The van der Waals surface area contributed by atoms with Crippen LogP contribution in [0.25, 0.3) is 0 Å². The number of rotatable bonds is 3. The van der Waals surface area contributed by atoms with Gasteiger partial charge in [-0.05, 0) is 0 Å². The van der Waals surface area contributed by atoms with Gasteiger partial charge in [-0.1, -0.05) is 39.5 Å². The van der Waals surface area contributed by atoms with Crippen molar-refractivity contribution in [3.8, 4) is 0 Å². The van der Waals surface area contributed by atoms with E-state index < -0.39 is 17.0 Å². The molecule has 0 spiro atoms. The number of hydrogen-bond acceptors (Lipinski definition) is 0. The van der Waals surface area contributed by atoms with Gasteiger partial charge in [0.1, 0.15) is 0 Å². The van der Waals surface area contributed by atoms with Crippen molar-refractivity contribution < 1.29 is 17.0 Å². The minimum atomic E-state index is -0.556. The van der Waals surface area contributed by atoms with Crippen LogP contribution in [0.2, 0.25) is 0 Å². The Morgan fingerprint density at radius 2 is 2.11 bits per heavy atom. The van der Waals surface area contributed by atoms with E-state index in [0.717, 1.165) is 12.8 Å². The van der Waals surface area contributed by atoms with Crippen molar-refractivity contribution in [3.05, 3.63) is 47.6 Å². The van der Waals surface area contributed by atoms with Crippen LogP contribution in [0.5, 0.6) is 0 Å². The maximum atomic E-state index is 4.89. The Bertz CT molecular complexity index is 304. The van der Waals surface area contributed by atoms with Gasteiger partial charge < -0.3 is 0 Å². The Balaban J connectivity index is 0.000000301. The molecule has 0 amide bonds. The van der Waals surface area contributed by atoms with E-state index >= 15 is 0 Å². The van der Waals surface area contributed by atoms with Gasteiger partial charge in [-0.15, -0.1) is 6.42 Å². The molecule has 100 valence electrons. The molecule has 0 atom stereocenters. The van der Waals surface area contributed by atoms with Gasteiger partial charge in [0.05, 0.1) is 0 Å². The molecule has 2 aliphatic rings. The van der Waals surface area contributed by atoms with Crippen LogP contribution in [-0.4, -0.2) is 0 Å². The Morgan fingerprint density at radius 1 is 1.39 bits per heavy atom. The molecular formula is C15H20Cl2Ti-2. The monoisotopic (exact) mass is 318 g/mol. The van der Waals surface area contributed by atoms with E-state index in [9.17, 15) is 0 Å². The summed E-state index contributed by atoms with van der Waals surface area (Å²) in [6, 6.07) is 0. The van der Waals surface area contributed by atoms with Gasteiger partial charge in [0.15, 0.2) is 0 Å². The molecule has 0 N–H and O–H groups in total. The summed E-state index contributed by atoms with van der Waals surface area (Å²) in [4.78, 5) is 0. The third-order valence-corrected chi connectivity index (χ3v) is 2.41. The van der Waals surface area contributed by atoms with Crippen LogP contribution in [0.15, 0.2) is 35.5 Å². The molecular weight excluding hydrogens is 299 g/mol. The molecule has 0 radical (unpaired) electrons. The molecule has 0 saturated carbocycles. The van der Waals surface area contributed by atoms with E-state index in [-0.39, 0.29) is 0 Å². The molecule has 2 rings (SSSR count). The van der Waals surface area contributed by atoms with Crippen LogP contribution >= 0.6 is 18.6 Å². The first-order valence-electron chi connectivity index (χ1n) is 6.21. The van der Waals surface area contributed by atoms with Crippen LogP contribution in [0.3, 0.4) is 0 Å². The molecule has 0 bridgehead atoms. The average molecular weight is 319 g/mol. The summed E-state index contributed by atoms with van der Waals surface area (Å²) in [5, 5.41) is 0. The molecule has 2 aliphatic carbocycles. The zero-order valence-corrected chi connectivity index (χ0v) is 14.2. The molecule has 0 heterocycles. The molecule has 0 nitrogen and oxygen atoms in total. The number of halogens is 2. The Morgan fingerprint density at radius 3 is 2.44 bits per heavy atom. The van der Waals surface area contributed by atoms with Crippen molar-refractivity contribution in [2.24, 2.45) is 0 Å². The third kappa shape index (κ3) is 11.4. The van der Waals surface area contributed by atoms with Crippen LogP contribution in [-0.2, 0) is 17.0 Å². The SMILES string of the molecule is CCCCC1=CCC(C)=[C-]1.[C-]1=CC=CC1.[Cl][Ti][Cl]. The second-order valence-electron chi connectivity index (χ2n) is 4.02. The first kappa shape index (κ1) is 18.3. The van der Waals surface area contributed by atoms with Crippen LogP contribution in [0.4, 0.5) is 0 Å². The van der Waals surface area contributed by atoms with E-state index in [4.69, 9.17) is 18.6 Å². The Hall–Kier alpha value is 0.254. The number of unbranched alkanes of at least 4 members (excludes halogenated alkanes) is 1. The van der Waals surface area contributed by atoms with E-state index in [2.05, 4.69) is 38.2 Å². The fourth-order valence-corrected chi connectivity index (χ4v) is 1.52. The molecule has 0 saturated heterocycles. The zero-order chi connectivity index (χ0) is 13.6. The first-order chi connectivity index (χ1) is 8.74. The average Bonchev–Trinajstić information content (AvgIpc) is 3.01. The second-order valence-corrected chi connectivity index (χ2v) is 6.60. The second kappa shape index (κ2) is 13.7. The summed E-state index contributed by atoms with van der Waals surface area (Å²) in [6.45, 7) is 4.38. The van der Waals surface area contributed by atoms with Gasteiger partial charge >= 0.3 is 35.6 Å². The fraction of sp³-hybridized carbons (Fsp3) is 0.467. The van der Waals surface area contributed by atoms with Crippen LogP contribution < -0.4 is 0 Å². The Labute approximate surface area is 129 Å². The molecule has 0 fully saturated rings. The summed E-state index contributed by atoms with van der Waals surface area (Å²) >= 11 is -0.556. The normalized spacial score (nSPS) is 15.1. The molecule has 0 unspecified atom stereocenters. The van der Waals surface area contributed by atoms with E-state index in [1.165, 1.54) is 30.4 Å². The van der Waals surface area contributed by atoms with Crippen LogP contribution in [0, 0.1) is 12.2 Å². The van der Waals surface area contributed by atoms with Crippen molar-refractivity contribution >= 4 is 18.6 Å². The molecule has 18 heavy (non-hydrogen) atoms. The van der Waals surface area contributed by atoms with E-state index in [1.54, 1.807) is 0 Å². The van der Waals surface area contributed by atoms with Crippen molar-refractivity contribution in [2.75, 3.05) is 0 Å². The summed E-state index contributed by atoms with van der Waals surface area (Å²) in [7, 11) is 9.78. The van der Waals surface area contributed by atoms with Gasteiger partial charge in [-0.2, -0.15) is 11.6 Å². The zero-order valence-electron chi connectivity index (χ0n) is 11.1. The van der Waals surface area contributed by atoms with Crippen LogP contribution in [0.1, 0.15) is 46.0 Å². The van der Waals surface area contributed by atoms with Gasteiger partial charge in [0.25, 0.3) is 0 Å². The fourth-order valence-electron chi connectivity index (χ4n) is 1.52. The maximum absolute atomic E-state index is 4.89. The third-order valence-electron chi connectivity index (χ3n) is 2.41. The predicted molar refractivity (Wildman–Crippen MR) is 77.9 cm³/mol. The molecule has 0 aromatic heterocycles. The van der Waals surface area contributed by atoms with Gasteiger partial charge in [-0.25, -0.2) is 29.9 Å². The van der Waals surface area contributed by atoms with Crippen molar-refractivity contribution in [1.82, 2.24) is 0 Å². The number of hydrogen-bond donors (Lipinski definition) is 0. The summed E-state index contributed by atoms with van der Waals surface area (Å²) in [5.41, 5.74) is 2.82. The van der Waals surface area contributed by atoms with Crippen molar-refractivity contribution in [1.29, 1.82) is 0 Å². The predicted octanol–water partition coefficient (Wildman–Crippen LogP) is 5.94. The topological polar surface area (TPSA) is 0 Å². The standard InChI is InChI=1S/C10H15.C5H5.2ClH.Ti/c1-3-4-5-10-7-6-9(2)8-10;1-2-4-5-3-1;;;/h7H,3-6H2,1-2H3;1-3H,4H2;2*1H;/q2*-1;;;+2/p-2. The number of allylic oxidation sites excluding steroid dienone is 8. The summed E-state index contributed by atoms with van der Waals surface area (Å²) in [6.07, 6.45) is 20.6. The van der Waals surface area contributed by atoms with Gasteiger partial charge in [0, 0.05) is 0 Å². The van der Waals surface area contributed by atoms with Crippen molar-refractivity contribution in [3.63, 3.8) is 0 Å². The van der Waals surface area contributed by atoms with E-state index in [1.807, 2.05) is 12.2 Å². The molecule has 0 aromatic carbocycles. The molecule has 0 aliphatic heterocycles. The quantitative estimate of drug-likeness (QED) is 0.446. The van der Waals surface area contributed by atoms with E-state index in [0.29, 0.717) is 0 Å². The van der Waals surface area contributed by atoms with Crippen molar-refractivity contribution in [2.45, 2.75) is 46.0 Å². The Kier molecular flexibility index (Phi) is 13.9.